The molecular weight excluding hydrogens is 331 g/mol. The first-order valence-electron chi connectivity index (χ1n) is 5.96. The molecule has 0 aromatic heterocycles. The lowest BCUT2D eigenvalue weighted by molar-refractivity contribution is -0.116. The number of halogens is 1. The third kappa shape index (κ3) is 1.84. The fourth-order valence-electron chi connectivity index (χ4n) is 2.62. The van der Waals surface area contributed by atoms with Crippen LogP contribution in [0.5, 0.6) is 0 Å². The zero-order chi connectivity index (χ0) is 12.0. The number of hydrogen-bond acceptors (Lipinski definition) is 4. The highest BCUT2D eigenvalue weighted by atomic mass is 127. The fourth-order valence-corrected chi connectivity index (χ4v) is 3.30. The van der Waals surface area contributed by atoms with Gasteiger partial charge in [-0.3, -0.25) is 9.59 Å². The van der Waals surface area contributed by atoms with Crippen molar-refractivity contribution in [3.8, 4) is 0 Å². The van der Waals surface area contributed by atoms with Gasteiger partial charge in [0.1, 0.15) is 6.04 Å². The zero-order valence-electron chi connectivity index (χ0n) is 9.33. The van der Waals surface area contributed by atoms with Crippen LogP contribution < -0.4 is 10.3 Å². The van der Waals surface area contributed by atoms with Crippen molar-refractivity contribution in [2.24, 2.45) is 0 Å². The number of carbonyl (C=O) groups excluding carboxylic acids is 2. The summed E-state index contributed by atoms with van der Waals surface area (Å²) in [5.74, 6) is 0.173. The number of rotatable bonds is 0. The van der Waals surface area contributed by atoms with Gasteiger partial charge >= 0.3 is 11.4 Å². The molecule has 1 aliphatic heterocycles. The summed E-state index contributed by atoms with van der Waals surface area (Å²) in [4.78, 5) is 28.2. The van der Waals surface area contributed by atoms with Gasteiger partial charge in [-0.15, -0.1) is 0 Å². The average molecular weight is 344 g/mol. The van der Waals surface area contributed by atoms with E-state index >= 15 is 0 Å². The van der Waals surface area contributed by atoms with Crippen molar-refractivity contribution in [2.45, 2.75) is 42.1 Å². The largest absolute Gasteiger partial charge is 0.370 e. The summed E-state index contributed by atoms with van der Waals surface area (Å²) in [6.07, 6.45) is 4.17. The molecule has 2 atom stereocenters. The van der Waals surface area contributed by atoms with E-state index in [2.05, 4.69) is 32.9 Å². The van der Waals surface area contributed by atoms with Gasteiger partial charge in [-0.2, -0.15) is 0 Å². The minimum atomic E-state index is 0.0187. The lowest BCUT2D eigenvalue weighted by Gasteiger charge is -2.27. The molecule has 0 saturated heterocycles. The minimum Gasteiger partial charge on any atom is -0.370 e. The van der Waals surface area contributed by atoms with Gasteiger partial charge in [-0.1, -0.05) is 22.6 Å². The van der Waals surface area contributed by atoms with Crippen molar-refractivity contribution in [3.05, 3.63) is 11.4 Å². The molecule has 4 nitrogen and oxygen atoms in total. The Bertz CT molecular complexity index is 467. The Kier molecular flexibility index (Phi) is 2.80. The number of alkyl halides is 1. The smallest absolute Gasteiger partial charge is 0.338 e. The molecule has 0 spiro atoms. The first-order valence-corrected chi connectivity index (χ1v) is 7.21. The van der Waals surface area contributed by atoms with Gasteiger partial charge in [0.25, 0.3) is 0 Å². The molecule has 3 aliphatic rings. The molecule has 17 heavy (non-hydrogen) atoms. The molecule has 2 unspecified atom stereocenters. The zero-order valence-corrected chi connectivity index (χ0v) is 11.5. The van der Waals surface area contributed by atoms with Crippen LogP contribution in [0.4, 0.5) is 0 Å². The summed E-state index contributed by atoms with van der Waals surface area (Å²) in [5, 5.41) is 3.34. The maximum absolute atomic E-state index is 12.0. The monoisotopic (exact) mass is 344 g/mol. The van der Waals surface area contributed by atoms with E-state index in [1.54, 1.807) is 0 Å². The third-order valence-electron chi connectivity index (χ3n) is 3.54. The Morgan fingerprint density at radius 3 is 2.88 bits per heavy atom. The van der Waals surface area contributed by atoms with Crippen molar-refractivity contribution >= 4 is 39.9 Å². The molecule has 0 aromatic rings. The quantitative estimate of drug-likeness (QED) is 0.524. The second-order valence-electron chi connectivity index (χ2n) is 4.71. The van der Waals surface area contributed by atoms with E-state index in [-0.39, 0.29) is 21.5 Å². The molecule has 0 aromatic carbocycles. The Hall–Kier alpha value is -0.720. The molecule has 1 saturated carbocycles. The number of fused-ring (bicyclic) bond motifs is 1. The number of ketones is 2. The summed E-state index contributed by atoms with van der Waals surface area (Å²) in [5.41, 5.74) is 2.04. The van der Waals surface area contributed by atoms with Gasteiger partial charge in [0.05, 0.1) is 14.6 Å². The molecule has 1 fully saturated rings. The van der Waals surface area contributed by atoms with Crippen molar-refractivity contribution < 1.29 is 9.59 Å². The number of hydrogen-bond donors (Lipinski definition) is 1. The Balaban J connectivity index is 2.01. The van der Waals surface area contributed by atoms with Gasteiger partial charge in [0, 0.05) is 6.42 Å². The Morgan fingerprint density at radius 1 is 1.24 bits per heavy atom. The minimum absolute atomic E-state index is 0.0187. The van der Waals surface area contributed by atoms with Crippen molar-refractivity contribution in [1.29, 1.82) is 0 Å². The SMILES string of the molecule is O=C1CCCC2=C1[N+]=C1C(=O)C(I)CCC1N2. The standard InChI is InChI=1S/C12H13IN2O2/c13-6-4-5-8-11(12(6)17)15-10-7(14-8)2-1-3-9(10)16/h6,8,14H,1-5H2/q+1. The van der Waals surface area contributed by atoms with Crippen LogP contribution in [0, 0.1) is 0 Å². The molecule has 0 bridgehead atoms. The van der Waals surface area contributed by atoms with Crippen LogP contribution in [0.15, 0.2) is 11.4 Å². The van der Waals surface area contributed by atoms with E-state index in [1.807, 2.05) is 0 Å². The molecule has 0 amide bonds. The molecular formula is C12H13IN2O2+. The highest BCUT2D eigenvalue weighted by molar-refractivity contribution is 14.1. The van der Waals surface area contributed by atoms with E-state index < -0.39 is 0 Å². The second kappa shape index (κ2) is 4.19. The van der Waals surface area contributed by atoms with E-state index in [0.717, 1.165) is 31.4 Å². The molecule has 1 radical (unpaired) electrons. The van der Waals surface area contributed by atoms with Crippen LogP contribution in [-0.2, 0) is 9.59 Å². The van der Waals surface area contributed by atoms with E-state index in [0.29, 0.717) is 17.8 Å². The van der Waals surface area contributed by atoms with Crippen molar-refractivity contribution in [1.82, 2.24) is 10.3 Å². The number of allylic oxidation sites excluding steroid dienone is 2. The molecule has 2 aliphatic carbocycles. The second-order valence-corrected chi connectivity index (χ2v) is 6.21. The summed E-state index contributed by atoms with van der Waals surface area (Å²) in [6, 6.07) is 0.0400. The first kappa shape index (κ1) is 11.4. The number of Topliss-reactive ketones (excluding diaryl/α,β-unsaturated/α-hetero) is 2. The van der Waals surface area contributed by atoms with E-state index in [9.17, 15) is 9.59 Å². The lowest BCUT2D eigenvalue weighted by Crippen LogP contribution is -2.53. The summed E-state index contributed by atoms with van der Waals surface area (Å²) >= 11 is 2.17. The van der Waals surface area contributed by atoms with Crippen LogP contribution >= 0.6 is 22.6 Å². The highest BCUT2D eigenvalue weighted by Gasteiger charge is 2.47. The summed E-state index contributed by atoms with van der Waals surface area (Å²) < 4.78 is 0.0187. The topological polar surface area (TPSA) is 60.3 Å². The third-order valence-corrected chi connectivity index (χ3v) is 4.73. The van der Waals surface area contributed by atoms with Gasteiger partial charge in [0.15, 0.2) is 0 Å². The summed E-state index contributed by atoms with van der Waals surface area (Å²) in [7, 11) is 0. The van der Waals surface area contributed by atoms with Gasteiger partial charge in [-0.25, -0.2) is 0 Å². The number of carbonyl (C=O) groups is 2. The van der Waals surface area contributed by atoms with Crippen LogP contribution in [0.1, 0.15) is 32.1 Å². The Morgan fingerprint density at radius 2 is 2.06 bits per heavy atom. The summed E-state index contributed by atoms with van der Waals surface area (Å²) in [6.45, 7) is 0. The van der Waals surface area contributed by atoms with Crippen LogP contribution in [0.3, 0.4) is 0 Å². The van der Waals surface area contributed by atoms with Crippen LogP contribution in [0.2, 0.25) is 0 Å². The van der Waals surface area contributed by atoms with Gasteiger partial charge < -0.3 is 5.32 Å². The van der Waals surface area contributed by atoms with E-state index in [1.165, 1.54) is 0 Å². The predicted molar refractivity (Wildman–Crippen MR) is 72.0 cm³/mol. The maximum atomic E-state index is 12.0. The molecule has 1 N–H and O–H groups in total. The Labute approximate surface area is 113 Å². The highest BCUT2D eigenvalue weighted by Crippen LogP contribution is 2.27. The first-order chi connectivity index (χ1) is 8.16. The van der Waals surface area contributed by atoms with Crippen LogP contribution in [0.25, 0.3) is 0 Å². The lowest BCUT2D eigenvalue weighted by atomic mass is 9.88. The molecule has 3 rings (SSSR count). The van der Waals surface area contributed by atoms with Crippen LogP contribution in [-0.4, -0.2) is 27.2 Å². The number of aliphatic imine (C=N–C) groups is 1. The number of nitrogens with one attached hydrogen (secondary N) is 1. The van der Waals surface area contributed by atoms with Gasteiger partial charge in [-0.05, 0) is 25.7 Å². The van der Waals surface area contributed by atoms with Crippen molar-refractivity contribution in [2.75, 3.05) is 0 Å². The molecule has 1 heterocycles. The predicted octanol–water partition coefficient (Wildman–Crippen LogP) is 0.866. The maximum Gasteiger partial charge on any atom is 0.338 e. The fraction of sp³-hybridized carbons (Fsp3) is 0.583. The van der Waals surface area contributed by atoms with E-state index in [4.69, 9.17) is 0 Å². The normalized spacial score (nSPS) is 32.6. The number of nitrogens with zero attached hydrogens (tertiary/aromatic N) is 1. The average Bonchev–Trinajstić information content (AvgIpc) is 2.33. The molecule has 89 valence electrons. The molecule has 5 heteroatoms. The van der Waals surface area contributed by atoms with Gasteiger partial charge in [0.2, 0.25) is 11.6 Å². The van der Waals surface area contributed by atoms with Crippen molar-refractivity contribution in [3.63, 3.8) is 0 Å².